The fourth-order valence-corrected chi connectivity index (χ4v) is 0.854. The highest BCUT2D eigenvalue weighted by molar-refractivity contribution is 5.82. The van der Waals surface area contributed by atoms with E-state index in [0.717, 1.165) is 0 Å². The molecule has 0 aromatic rings. The van der Waals surface area contributed by atoms with E-state index >= 15 is 0 Å². The Kier molecular flexibility index (Phi) is 5.90. The second kappa shape index (κ2) is 6.68. The second-order valence-electron chi connectivity index (χ2n) is 2.91. The monoisotopic (exact) mass is 214 g/mol. The molecule has 6 heteroatoms. The average molecular weight is 214 g/mol. The summed E-state index contributed by atoms with van der Waals surface area (Å²) in [6.07, 6.45) is 4.95. The third kappa shape index (κ3) is 4.88. The number of urea groups is 1. The van der Waals surface area contributed by atoms with Gasteiger partial charge in [0.2, 0.25) is 0 Å². The van der Waals surface area contributed by atoms with Gasteiger partial charge in [-0.15, -0.1) is 6.42 Å². The number of carboxylic acid groups (broad SMARTS) is 1. The van der Waals surface area contributed by atoms with Crippen LogP contribution in [0.1, 0.15) is 6.42 Å². The summed E-state index contributed by atoms with van der Waals surface area (Å²) >= 11 is 0. The van der Waals surface area contributed by atoms with E-state index in [0.29, 0.717) is 0 Å². The zero-order valence-corrected chi connectivity index (χ0v) is 8.43. The molecule has 1 atom stereocenters. The van der Waals surface area contributed by atoms with Crippen LogP contribution in [0.5, 0.6) is 0 Å². The second-order valence-corrected chi connectivity index (χ2v) is 2.91. The minimum absolute atomic E-state index is 0.0367. The molecule has 0 spiro atoms. The average Bonchev–Trinajstić information content (AvgIpc) is 2.17. The third-order valence-corrected chi connectivity index (χ3v) is 1.69. The van der Waals surface area contributed by atoms with Crippen molar-refractivity contribution in [1.82, 2.24) is 10.2 Å². The van der Waals surface area contributed by atoms with Crippen LogP contribution in [-0.4, -0.2) is 53.4 Å². The van der Waals surface area contributed by atoms with Crippen molar-refractivity contribution in [3.63, 3.8) is 0 Å². The lowest BCUT2D eigenvalue weighted by Gasteiger charge is -2.18. The van der Waals surface area contributed by atoms with Gasteiger partial charge >= 0.3 is 12.0 Å². The van der Waals surface area contributed by atoms with Gasteiger partial charge in [-0.1, -0.05) is 5.92 Å². The number of aliphatic hydroxyl groups excluding tert-OH is 1. The fraction of sp³-hybridized carbons (Fsp3) is 0.556. The lowest BCUT2D eigenvalue weighted by molar-refractivity contribution is -0.139. The molecule has 0 saturated heterocycles. The minimum atomic E-state index is -1.19. The normalized spacial score (nSPS) is 11.3. The molecule has 0 aliphatic heterocycles. The van der Waals surface area contributed by atoms with Gasteiger partial charge < -0.3 is 20.4 Å². The molecule has 15 heavy (non-hydrogen) atoms. The summed E-state index contributed by atoms with van der Waals surface area (Å²) in [6.45, 7) is -0.215. The number of carbonyl (C=O) groups excluding carboxylic acids is 1. The first-order valence-electron chi connectivity index (χ1n) is 4.31. The molecule has 0 fully saturated rings. The first-order valence-corrected chi connectivity index (χ1v) is 4.31. The number of rotatable bonds is 5. The van der Waals surface area contributed by atoms with E-state index in [9.17, 15) is 9.59 Å². The van der Waals surface area contributed by atoms with Crippen molar-refractivity contribution in [2.24, 2.45) is 0 Å². The van der Waals surface area contributed by atoms with Crippen molar-refractivity contribution in [2.75, 3.05) is 20.2 Å². The molecular weight excluding hydrogens is 200 g/mol. The first kappa shape index (κ1) is 13.3. The first-order chi connectivity index (χ1) is 7.02. The van der Waals surface area contributed by atoms with Crippen molar-refractivity contribution in [3.05, 3.63) is 0 Å². The number of terminal acetylenes is 1. The standard InChI is InChI=1S/C9H14N2O4/c1-3-5-11(2)9(15)10-7(4-6-12)8(13)14/h1,7,12H,4-6H2,2H3,(H,10,15)(H,13,14). The topological polar surface area (TPSA) is 89.9 Å². The summed E-state index contributed by atoms with van der Waals surface area (Å²) < 4.78 is 0. The van der Waals surface area contributed by atoms with Crippen LogP contribution < -0.4 is 5.32 Å². The van der Waals surface area contributed by atoms with Crippen molar-refractivity contribution >= 4 is 12.0 Å². The lowest BCUT2D eigenvalue weighted by Crippen LogP contribution is -2.47. The van der Waals surface area contributed by atoms with Crippen LogP contribution in [0.4, 0.5) is 4.79 Å². The largest absolute Gasteiger partial charge is 0.480 e. The number of aliphatic carboxylic acids is 1. The smallest absolute Gasteiger partial charge is 0.326 e. The summed E-state index contributed by atoms with van der Waals surface area (Å²) in [7, 11) is 1.45. The van der Waals surface area contributed by atoms with E-state index in [1.807, 2.05) is 0 Å². The van der Waals surface area contributed by atoms with Crippen molar-refractivity contribution in [3.8, 4) is 12.3 Å². The van der Waals surface area contributed by atoms with Crippen molar-refractivity contribution in [1.29, 1.82) is 0 Å². The van der Waals surface area contributed by atoms with Gasteiger partial charge in [0, 0.05) is 20.1 Å². The van der Waals surface area contributed by atoms with Gasteiger partial charge in [0.05, 0.1) is 6.54 Å². The maximum absolute atomic E-state index is 11.3. The number of hydrogen-bond donors (Lipinski definition) is 3. The molecule has 0 aromatic carbocycles. The van der Waals surface area contributed by atoms with E-state index in [1.165, 1.54) is 11.9 Å². The maximum Gasteiger partial charge on any atom is 0.326 e. The van der Waals surface area contributed by atoms with Crippen LogP contribution in [0, 0.1) is 12.3 Å². The molecule has 0 heterocycles. The number of nitrogens with one attached hydrogen (secondary N) is 1. The van der Waals surface area contributed by atoms with E-state index in [-0.39, 0.29) is 19.6 Å². The van der Waals surface area contributed by atoms with E-state index in [1.54, 1.807) is 0 Å². The van der Waals surface area contributed by atoms with E-state index < -0.39 is 18.0 Å². The third-order valence-electron chi connectivity index (χ3n) is 1.69. The SMILES string of the molecule is C#CCN(C)C(=O)NC(CCO)C(=O)O. The number of carboxylic acids is 1. The molecule has 0 aromatic heterocycles. The summed E-state index contributed by atoms with van der Waals surface area (Å²) in [6, 6.07) is -1.67. The van der Waals surface area contributed by atoms with Crippen molar-refractivity contribution in [2.45, 2.75) is 12.5 Å². The Balaban J connectivity index is 4.23. The fourth-order valence-electron chi connectivity index (χ4n) is 0.854. The minimum Gasteiger partial charge on any atom is -0.480 e. The van der Waals surface area contributed by atoms with Gasteiger partial charge in [-0.2, -0.15) is 0 Å². The summed E-state index contributed by atoms with van der Waals surface area (Å²) in [5, 5.41) is 19.5. The molecular formula is C9H14N2O4. The van der Waals surface area contributed by atoms with Crippen LogP contribution in [0.15, 0.2) is 0 Å². The number of amides is 2. The quantitative estimate of drug-likeness (QED) is 0.517. The highest BCUT2D eigenvalue weighted by Gasteiger charge is 2.20. The van der Waals surface area contributed by atoms with Crippen LogP contribution in [-0.2, 0) is 4.79 Å². The molecule has 0 aliphatic carbocycles. The highest BCUT2D eigenvalue weighted by Crippen LogP contribution is 1.93. The summed E-state index contributed by atoms with van der Waals surface area (Å²) in [5.41, 5.74) is 0. The Morgan fingerprint density at radius 1 is 1.60 bits per heavy atom. The Labute approximate surface area is 87.9 Å². The van der Waals surface area contributed by atoms with Crippen LogP contribution in [0.25, 0.3) is 0 Å². The molecule has 2 amide bonds. The zero-order chi connectivity index (χ0) is 11.8. The molecule has 3 N–H and O–H groups in total. The predicted octanol–water partition coefficient (Wildman–Crippen LogP) is -0.903. The van der Waals surface area contributed by atoms with Gasteiger partial charge in [-0.25, -0.2) is 9.59 Å². The lowest BCUT2D eigenvalue weighted by atomic mass is 10.2. The molecule has 1 unspecified atom stereocenters. The molecule has 0 saturated carbocycles. The van der Waals surface area contributed by atoms with Gasteiger partial charge in [0.1, 0.15) is 6.04 Å². The predicted molar refractivity (Wildman–Crippen MR) is 53.1 cm³/mol. The van der Waals surface area contributed by atoms with Gasteiger partial charge in [-0.3, -0.25) is 0 Å². The maximum atomic E-state index is 11.3. The molecule has 6 nitrogen and oxygen atoms in total. The molecule has 84 valence electrons. The molecule has 0 bridgehead atoms. The van der Waals surface area contributed by atoms with Gasteiger partial charge in [0.25, 0.3) is 0 Å². The van der Waals surface area contributed by atoms with Crippen LogP contribution in [0.3, 0.4) is 0 Å². The van der Waals surface area contributed by atoms with Gasteiger partial charge in [0.15, 0.2) is 0 Å². The summed E-state index contributed by atoms with van der Waals surface area (Å²) in [4.78, 5) is 23.1. The number of hydrogen-bond acceptors (Lipinski definition) is 3. The Morgan fingerprint density at radius 3 is 2.60 bits per heavy atom. The Hall–Kier alpha value is -1.74. The van der Waals surface area contributed by atoms with E-state index in [4.69, 9.17) is 16.6 Å². The van der Waals surface area contributed by atoms with Crippen LogP contribution >= 0.6 is 0 Å². The molecule has 0 aliphatic rings. The number of aliphatic hydroxyl groups is 1. The van der Waals surface area contributed by atoms with Crippen LogP contribution in [0.2, 0.25) is 0 Å². The number of carbonyl (C=O) groups is 2. The highest BCUT2D eigenvalue weighted by atomic mass is 16.4. The molecule has 0 radical (unpaired) electrons. The Morgan fingerprint density at radius 2 is 2.20 bits per heavy atom. The van der Waals surface area contributed by atoms with Gasteiger partial charge in [-0.05, 0) is 0 Å². The number of nitrogens with zero attached hydrogens (tertiary/aromatic N) is 1. The zero-order valence-electron chi connectivity index (χ0n) is 8.43. The van der Waals surface area contributed by atoms with Crippen molar-refractivity contribution < 1.29 is 19.8 Å². The molecule has 0 rings (SSSR count). The summed E-state index contributed by atoms with van der Waals surface area (Å²) in [5.74, 6) is 1.06. The Bertz CT molecular complexity index is 272. The van der Waals surface area contributed by atoms with E-state index in [2.05, 4.69) is 11.2 Å².